The highest BCUT2D eigenvalue weighted by atomic mass is 79.9. The van der Waals surface area contributed by atoms with Crippen molar-refractivity contribution in [3.63, 3.8) is 0 Å². The zero-order valence-electron chi connectivity index (χ0n) is 9.06. The summed E-state index contributed by atoms with van der Waals surface area (Å²) < 4.78 is 2.29. The average molecular weight is 404 g/mol. The fourth-order valence-corrected chi connectivity index (χ4v) is 4.98. The van der Waals surface area contributed by atoms with Crippen LogP contribution in [-0.4, -0.2) is 9.97 Å². The molecule has 6 heteroatoms. The molecule has 3 heterocycles. The Hall–Kier alpha value is -0.430. The van der Waals surface area contributed by atoms with Crippen molar-refractivity contribution in [2.24, 2.45) is 0 Å². The number of thiophene rings is 2. The summed E-state index contributed by atoms with van der Waals surface area (Å²) in [5.74, 6) is 1.17. The summed E-state index contributed by atoms with van der Waals surface area (Å²) in [6, 6.07) is 8.46. The minimum atomic E-state index is 0.188. The molecule has 0 fully saturated rings. The maximum atomic E-state index is 4.42. The van der Waals surface area contributed by atoms with E-state index in [0.29, 0.717) is 0 Å². The first-order valence-electron chi connectivity index (χ1n) is 5.24. The van der Waals surface area contributed by atoms with Crippen molar-refractivity contribution in [3.05, 3.63) is 59.8 Å². The molecule has 0 radical (unpaired) electrons. The van der Waals surface area contributed by atoms with Gasteiger partial charge in [0.1, 0.15) is 5.82 Å². The molecular formula is C12H8Br2N2S2. The Bertz CT molecular complexity index is 602. The molecule has 0 saturated carbocycles. The van der Waals surface area contributed by atoms with E-state index < -0.39 is 0 Å². The van der Waals surface area contributed by atoms with Crippen LogP contribution in [0.15, 0.2) is 44.2 Å². The van der Waals surface area contributed by atoms with Crippen molar-refractivity contribution in [1.82, 2.24) is 9.97 Å². The Morgan fingerprint density at radius 2 is 1.61 bits per heavy atom. The highest BCUT2D eigenvalue weighted by Gasteiger charge is 2.22. The summed E-state index contributed by atoms with van der Waals surface area (Å²) in [6.45, 7) is 0. The Balaban J connectivity index is 2.09. The Morgan fingerprint density at radius 3 is 2.00 bits per heavy atom. The monoisotopic (exact) mass is 402 g/mol. The van der Waals surface area contributed by atoms with Crippen LogP contribution < -0.4 is 0 Å². The first kappa shape index (κ1) is 12.6. The van der Waals surface area contributed by atoms with Gasteiger partial charge in [0.05, 0.1) is 13.5 Å². The summed E-state index contributed by atoms with van der Waals surface area (Å²) in [5.41, 5.74) is 0. The van der Waals surface area contributed by atoms with E-state index in [-0.39, 0.29) is 5.92 Å². The molecule has 2 nitrogen and oxygen atoms in total. The van der Waals surface area contributed by atoms with Crippen LogP contribution in [0.1, 0.15) is 21.5 Å². The molecule has 0 unspecified atom stereocenters. The minimum absolute atomic E-state index is 0.188. The van der Waals surface area contributed by atoms with E-state index in [2.05, 4.69) is 66.1 Å². The van der Waals surface area contributed by atoms with Crippen LogP contribution in [0.5, 0.6) is 0 Å². The van der Waals surface area contributed by atoms with Gasteiger partial charge < -0.3 is 4.98 Å². The first-order chi connectivity index (χ1) is 8.74. The molecule has 3 aromatic rings. The lowest BCUT2D eigenvalue weighted by molar-refractivity contribution is 0.920. The van der Waals surface area contributed by atoms with Crippen molar-refractivity contribution in [2.75, 3.05) is 0 Å². The fourth-order valence-electron chi connectivity index (χ4n) is 1.81. The molecule has 0 aliphatic heterocycles. The molecule has 0 saturated heterocycles. The second-order valence-electron chi connectivity index (χ2n) is 3.69. The number of aromatic nitrogens is 2. The molecule has 0 aliphatic rings. The van der Waals surface area contributed by atoms with E-state index in [1.807, 2.05) is 6.20 Å². The fraction of sp³-hybridized carbons (Fsp3) is 0.0833. The van der Waals surface area contributed by atoms with Gasteiger partial charge in [0.25, 0.3) is 0 Å². The number of nitrogens with zero attached hydrogens (tertiary/aromatic N) is 1. The number of halogens is 2. The molecule has 0 bridgehead atoms. The standard InChI is InChI=1S/C12H8Br2N2S2/c13-9-3-1-7(17-9)11(12-15-5-6-16-12)8-2-4-10(14)18-8/h1-6,11H,(H,15,16). The lowest BCUT2D eigenvalue weighted by Crippen LogP contribution is -2.01. The van der Waals surface area contributed by atoms with Gasteiger partial charge in [0.15, 0.2) is 0 Å². The van der Waals surface area contributed by atoms with Gasteiger partial charge in [0.2, 0.25) is 0 Å². The maximum Gasteiger partial charge on any atom is 0.119 e. The van der Waals surface area contributed by atoms with Crippen molar-refractivity contribution >= 4 is 54.5 Å². The Labute approximate surface area is 129 Å². The van der Waals surface area contributed by atoms with Gasteiger partial charge in [-0.1, -0.05) is 0 Å². The zero-order chi connectivity index (χ0) is 12.5. The zero-order valence-corrected chi connectivity index (χ0v) is 13.9. The molecular weight excluding hydrogens is 396 g/mol. The van der Waals surface area contributed by atoms with Crippen LogP contribution in [0.25, 0.3) is 0 Å². The summed E-state index contributed by atoms with van der Waals surface area (Å²) in [5, 5.41) is 0. The highest BCUT2D eigenvalue weighted by molar-refractivity contribution is 9.11. The maximum absolute atomic E-state index is 4.42. The predicted molar refractivity (Wildman–Crippen MR) is 83.6 cm³/mol. The summed E-state index contributed by atoms with van der Waals surface area (Å²) in [7, 11) is 0. The van der Waals surface area contributed by atoms with Gasteiger partial charge in [-0.2, -0.15) is 0 Å². The molecule has 92 valence electrons. The third-order valence-electron chi connectivity index (χ3n) is 2.55. The summed E-state index contributed by atoms with van der Waals surface area (Å²) in [6.07, 6.45) is 3.67. The van der Waals surface area contributed by atoms with Crippen LogP contribution in [0.3, 0.4) is 0 Å². The second-order valence-corrected chi connectivity index (χ2v) is 8.68. The van der Waals surface area contributed by atoms with Crippen molar-refractivity contribution in [1.29, 1.82) is 0 Å². The molecule has 0 atom stereocenters. The van der Waals surface area contributed by atoms with Crippen molar-refractivity contribution in [3.8, 4) is 0 Å². The number of aromatic amines is 1. The molecule has 0 aromatic carbocycles. The SMILES string of the molecule is Brc1ccc(C(c2ncc[nH]2)c2ccc(Br)s2)s1. The molecule has 1 N–H and O–H groups in total. The lowest BCUT2D eigenvalue weighted by atomic mass is 10.1. The predicted octanol–water partition coefficient (Wildman–Crippen LogP) is 5.24. The number of nitrogens with one attached hydrogen (secondary N) is 1. The number of imidazole rings is 1. The molecule has 3 aromatic heterocycles. The number of rotatable bonds is 3. The molecule has 0 aliphatic carbocycles. The topological polar surface area (TPSA) is 28.7 Å². The normalized spacial score (nSPS) is 11.3. The molecule has 0 spiro atoms. The summed E-state index contributed by atoms with van der Waals surface area (Å²) >= 11 is 10.5. The Kier molecular flexibility index (Phi) is 3.70. The van der Waals surface area contributed by atoms with E-state index in [4.69, 9.17) is 0 Å². The lowest BCUT2D eigenvalue weighted by Gasteiger charge is -2.10. The number of H-pyrrole nitrogens is 1. The van der Waals surface area contributed by atoms with E-state index in [1.165, 1.54) is 9.75 Å². The van der Waals surface area contributed by atoms with Crippen molar-refractivity contribution in [2.45, 2.75) is 5.92 Å². The average Bonchev–Trinajstić information content (AvgIpc) is 3.04. The number of hydrogen-bond acceptors (Lipinski definition) is 3. The largest absolute Gasteiger partial charge is 0.348 e. The second kappa shape index (κ2) is 5.28. The van der Waals surface area contributed by atoms with Crippen LogP contribution in [0, 0.1) is 0 Å². The van der Waals surface area contributed by atoms with Gasteiger partial charge in [-0.25, -0.2) is 4.98 Å². The van der Waals surface area contributed by atoms with Crippen LogP contribution in [-0.2, 0) is 0 Å². The van der Waals surface area contributed by atoms with Gasteiger partial charge in [0, 0.05) is 22.1 Å². The summed E-state index contributed by atoms with van der Waals surface area (Å²) in [4.78, 5) is 10.2. The van der Waals surface area contributed by atoms with E-state index in [1.54, 1.807) is 28.9 Å². The minimum Gasteiger partial charge on any atom is -0.348 e. The first-order valence-corrected chi connectivity index (χ1v) is 8.45. The quantitative estimate of drug-likeness (QED) is 0.636. The smallest absolute Gasteiger partial charge is 0.119 e. The van der Waals surface area contributed by atoms with E-state index in [9.17, 15) is 0 Å². The van der Waals surface area contributed by atoms with E-state index >= 15 is 0 Å². The van der Waals surface area contributed by atoms with Crippen LogP contribution in [0.4, 0.5) is 0 Å². The van der Waals surface area contributed by atoms with Gasteiger partial charge >= 0.3 is 0 Å². The molecule has 18 heavy (non-hydrogen) atoms. The molecule has 3 rings (SSSR count). The molecule has 0 amide bonds. The highest BCUT2D eigenvalue weighted by Crippen LogP contribution is 2.39. The Morgan fingerprint density at radius 1 is 1.00 bits per heavy atom. The van der Waals surface area contributed by atoms with E-state index in [0.717, 1.165) is 13.4 Å². The van der Waals surface area contributed by atoms with Gasteiger partial charge in [-0.3, -0.25) is 0 Å². The van der Waals surface area contributed by atoms with Gasteiger partial charge in [-0.15, -0.1) is 22.7 Å². The third kappa shape index (κ3) is 2.47. The van der Waals surface area contributed by atoms with Crippen LogP contribution >= 0.6 is 54.5 Å². The van der Waals surface area contributed by atoms with Gasteiger partial charge in [-0.05, 0) is 56.1 Å². The van der Waals surface area contributed by atoms with Crippen molar-refractivity contribution < 1.29 is 0 Å². The van der Waals surface area contributed by atoms with Crippen LogP contribution in [0.2, 0.25) is 0 Å². The number of hydrogen-bond donors (Lipinski definition) is 1. The third-order valence-corrected chi connectivity index (χ3v) is 5.93.